The van der Waals surface area contributed by atoms with Crippen molar-refractivity contribution in [1.82, 2.24) is 5.32 Å². The molecule has 1 unspecified atom stereocenters. The van der Waals surface area contributed by atoms with E-state index in [-0.39, 0.29) is 6.04 Å². The Morgan fingerprint density at radius 3 is 2.50 bits per heavy atom. The van der Waals surface area contributed by atoms with Gasteiger partial charge in [0, 0.05) is 12.6 Å². The summed E-state index contributed by atoms with van der Waals surface area (Å²) in [6.45, 7) is 6.04. The minimum absolute atomic E-state index is 0.235. The second-order valence-corrected chi connectivity index (χ2v) is 5.16. The van der Waals surface area contributed by atoms with Crippen LogP contribution in [0.2, 0.25) is 0 Å². The number of hydrogen-bond donors (Lipinski definition) is 2. The van der Waals surface area contributed by atoms with Crippen molar-refractivity contribution in [2.45, 2.75) is 19.9 Å². The fourth-order valence-corrected chi connectivity index (χ4v) is 2.25. The van der Waals surface area contributed by atoms with Gasteiger partial charge in [0.25, 0.3) is 0 Å². The van der Waals surface area contributed by atoms with Crippen molar-refractivity contribution < 1.29 is 0 Å². The average molecular weight is 242 g/mol. The van der Waals surface area contributed by atoms with Crippen molar-refractivity contribution >= 4 is 10.8 Å². The van der Waals surface area contributed by atoms with E-state index < -0.39 is 0 Å². The minimum atomic E-state index is 0.235. The van der Waals surface area contributed by atoms with Crippen molar-refractivity contribution in [2.75, 3.05) is 13.1 Å². The van der Waals surface area contributed by atoms with Gasteiger partial charge in [0.05, 0.1) is 0 Å². The molecule has 3 N–H and O–H groups in total. The molecule has 1 atom stereocenters. The third kappa shape index (κ3) is 2.89. The number of benzene rings is 2. The molecular formula is C16H22N2. The lowest BCUT2D eigenvalue weighted by atomic mass is 9.98. The first-order chi connectivity index (χ1) is 8.72. The molecule has 0 aliphatic rings. The Morgan fingerprint density at radius 1 is 1.06 bits per heavy atom. The standard InChI is InChI=1S/C16H22N2/c1-12(2)11-18-16(10-17)15-9-5-7-13-6-3-4-8-14(13)15/h3-9,12,16,18H,10-11,17H2,1-2H3. The summed E-state index contributed by atoms with van der Waals surface area (Å²) in [6, 6.07) is 15.1. The average Bonchev–Trinajstić information content (AvgIpc) is 2.39. The van der Waals surface area contributed by atoms with Crippen LogP contribution in [-0.2, 0) is 0 Å². The van der Waals surface area contributed by atoms with Crippen LogP contribution in [0.1, 0.15) is 25.5 Å². The van der Waals surface area contributed by atoms with Crippen molar-refractivity contribution in [3.05, 3.63) is 48.0 Å². The normalized spacial score (nSPS) is 13.1. The Kier molecular flexibility index (Phi) is 4.34. The number of nitrogens with two attached hydrogens (primary N) is 1. The lowest BCUT2D eigenvalue weighted by Crippen LogP contribution is -2.31. The first-order valence-electron chi connectivity index (χ1n) is 6.63. The summed E-state index contributed by atoms with van der Waals surface area (Å²) in [7, 11) is 0. The Morgan fingerprint density at radius 2 is 1.78 bits per heavy atom. The first-order valence-corrected chi connectivity index (χ1v) is 6.63. The molecule has 0 saturated carbocycles. The molecule has 0 spiro atoms. The molecule has 0 aliphatic carbocycles. The van der Waals surface area contributed by atoms with Crippen molar-refractivity contribution in [3.63, 3.8) is 0 Å². The van der Waals surface area contributed by atoms with Crippen LogP contribution in [-0.4, -0.2) is 13.1 Å². The maximum absolute atomic E-state index is 5.92. The maximum Gasteiger partial charge on any atom is 0.0450 e. The van der Waals surface area contributed by atoms with Crippen LogP contribution in [0.3, 0.4) is 0 Å². The third-order valence-electron chi connectivity index (χ3n) is 3.21. The molecule has 96 valence electrons. The van der Waals surface area contributed by atoms with Gasteiger partial charge in [-0.3, -0.25) is 0 Å². The Hall–Kier alpha value is -1.38. The number of fused-ring (bicyclic) bond motifs is 1. The van der Waals surface area contributed by atoms with Crippen molar-refractivity contribution in [1.29, 1.82) is 0 Å². The van der Waals surface area contributed by atoms with E-state index in [2.05, 4.69) is 61.6 Å². The van der Waals surface area contributed by atoms with Crippen LogP contribution < -0.4 is 11.1 Å². The number of nitrogens with one attached hydrogen (secondary N) is 1. The summed E-state index contributed by atoms with van der Waals surface area (Å²) in [5, 5.41) is 6.13. The molecule has 0 aliphatic heterocycles. The SMILES string of the molecule is CC(C)CNC(CN)c1cccc2ccccc12. The second-order valence-electron chi connectivity index (χ2n) is 5.16. The predicted octanol–water partition coefficient (Wildman–Crippen LogP) is 3.09. The van der Waals surface area contributed by atoms with Gasteiger partial charge >= 0.3 is 0 Å². The zero-order valence-corrected chi connectivity index (χ0v) is 11.2. The van der Waals surface area contributed by atoms with E-state index in [1.807, 2.05) is 0 Å². The molecule has 18 heavy (non-hydrogen) atoms. The van der Waals surface area contributed by atoms with Crippen LogP contribution in [0.5, 0.6) is 0 Å². The molecule has 0 aromatic heterocycles. The summed E-state index contributed by atoms with van der Waals surface area (Å²) in [5.74, 6) is 0.633. The molecule has 2 aromatic rings. The van der Waals surface area contributed by atoms with E-state index >= 15 is 0 Å². The Labute approximate surface area is 109 Å². The molecule has 0 fully saturated rings. The van der Waals surface area contributed by atoms with Gasteiger partial charge in [-0.1, -0.05) is 56.3 Å². The summed E-state index contributed by atoms with van der Waals surface area (Å²) in [4.78, 5) is 0. The van der Waals surface area contributed by atoms with Gasteiger partial charge in [-0.15, -0.1) is 0 Å². The zero-order valence-electron chi connectivity index (χ0n) is 11.2. The summed E-state index contributed by atoms with van der Waals surface area (Å²) in [5.41, 5.74) is 7.22. The highest BCUT2D eigenvalue weighted by Crippen LogP contribution is 2.23. The van der Waals surface area contributed by atoms with Gasteiger partial charge in [0.1, 0.15) is 0 Å². The van der Waals surface area contributed by atoms with Crippen LogP contribution >= 0.6 is 0 Å². The summed E-state index contributed by atoms with van der Waals surface area (Å²) in [6.07, 6.45) is 0. The monoisotopic (exact) mass is 242 g/mol. The lowest BCUT2D eigenvalue weighted by molar-refractivity contribution is 0.481. The molecule has 2 nitrogen and oxygen atoms in total. The summed E-state index contributed by atoms with van der Waals surface area (Å²) >= 11 is 0. The molecule has 2 heteroatoms. The highest BCUT2D eigenvalue weighted by Gasteiger charge is 2.12. The van der Waals surface area contributed by atoms with Crippen LogP contribution in [0.4, 0.5) is 0 Å². The second kappa shape index (κ2) is 5.98. The third-order valence-corrected chi connectivity index (χ3v) is 3.21. The van der Waals surface area contributed by atoms with E-state index in [1.54, 1.807) is 0 Å². The summed E-state index contributed by atoms with van der Waals surface area (Å²) < 4.78 is 0. The maximum atomic E-state index is 5.92. The van der Waals surface area contributed by atoms with Gasteiger partial charge in [0.2, 0.25) is 0 Å². The highest BCUT2D eigenvalue weighted by molar-refractivity contribution is 5.86. The fraction of sp³-hybridized carbons (Fsp3) is 0.375. The predicted molar refractivity (Wildman–Crippen MR) is 78.6 cm³/mol. The molecule has 2 rings (SSSR count). The number of rotatable bonds is 5. The minimum Gasteiger partial charge on any atom is -0.329 e. The first kappa shape index (κ1) is 13.1. The van der Waals surface area contributed by atoms with E-state index in [0.29, 0.717) is 12.5 Å². The van der Waals surface area contributed by atoms with Crippen molar-refractivity contribution in [2.24, 2.45) is 11.7 Å². The smallest absolute Gasteiger partial charge is 0.0450 e. The lowest BCUT2D eigenvalue weighted by Gasteiger charge is -2.20. The molecular weight excluding hydrogens is 220 g/mol. The quantitative estimate of drug-likeness (QED) is 0.845. The molecule has 0 heterocycles. The highest BCUT2D eigenvalue weighted by atomic mass is 14.9. The van der Waals surface area contributed by atoms with Crippen LogP contribution in [0, 0.1) is 5.92 Å². The molecule has 0 amide bonds. The van der Waals surface area contributed by atoms with E-state index in [4.69, 9.17) is 5.73 Å². The van der Waals surface area contributed by atoms with E-state index in [0.717, 1.165) is 6.54 Å². The van der Waals surface area contributed by atoms with Gasteiger partial charge in [0.15, 0.2) is 0 Å². The van der Waals surface area contributed by atoms with E-state index in [9.17, 15) is 0 Å². The largest absolute Gasteiger partial charge is 0.329 e. The molecule has 0 saturated heterocycles. The Balaban J connectivity index is 2.32. The van der Waals surface area contributed by atoms with E-state index in [1.165, 1.54) is 16.3 Å². The molecule has 2 aromatic carbocycles. The van der Waals surface area contributed by atoms with Gasteiger partial charge in [-0.2, -0.15) is 0 Å². The number of hydrogen-bond acceptors (Lipinski definition) is 2. The van der Waals surface area contributed by atoms with Crippen LogP contribution in [0.15, 0.2) is 42.5 Å². The zero-order chi connectivity index (χ0) is 13.0. The fourth-order valence-electron chi connectivity index (χ4n) is 2.25. The van der Waals surface area contributed by atoms with Crippen LogP contribution in [0.25, 0.3) is 10.8 Å². The molecule has 0 bridgehead atoms. The topological polar surface area (TPSA) is 38.0 Å². The Bertz CT molecular complexity index is 500. The van der Waals surface area contributed by atoms with Gasteiger partial charge in [-0.05, 0) is 28.8 Å². The van der Waals surface area contributed by atoms with Crippen molar-refractivity contribution in [3.8, 4) is 0 Å². The van der Waals surface area contributed by atoms with Gasteiger partial charge < -0.3 is 11.1 Å². The van der Waals surface area contributed by atoms with Gasteiger partial charge in [-0.25, -0.2) is 0 Å². The molecule has 0 radical (unpaired) electrons.